The molecule has 0 amide bonds. The molecule has 1 aliphatic heterocycles. The number of hydrogen-bond donors (Lipinski definition) is 0. The number of alkyl halides is 18. The van der Waals surface area contributed by atoms with E-state index in [0.717, 1.165) is 0 Å². The fourth-order valence-corrected chi connectivity index (χ4v) is 2.71. The zero-order valence-electron chi connectivity index (χ0n) is 14.4. The van der Waals surface area contributed by atoms with Gasteiger partial charge in [-0.05, 0) is 6.92 Å². The van der Waals surface area contributed by atoms with Crippen molar-refractivity contribution in [1.29, 1.82) is 0 Å². The second kappa shape index (κ2) is 6.71. The van der Waals surface area contributed by atoms with Gasteiger partial charge in [-0.15, -0.1) is 4.90 Å². The van der Waals surface area contributed by atoms with E-state index in [1.165, 1.54) is 0 Å². The van der Waals surface area contributed by atoms with Crippen LogP contribution in [0.3, 0.4) is 0 Å². The minimum Gasteiger partial charge on any atom is -0.296 e. The van der Waals surface area contributed by atoms with E-state index in [4.69, 9.17) is 0 Å². The van der Waals surface area contributed by atoms with Crippen molar-refractivity contribution >= 4 is 5.78 Å². The van der Waals surface area contributed by atoms with E-state index in [-0.39, 0.29) is 0 Å². The van der Waals surface area contributed by atoms with Crippen LogP contribution in [0.5, 0.6) is 0 Å². The van der Waals surface area contributed by atoms with E-state index in [2.05, 4.69) is 0 Å². The Kier molecular flexibility index (Phi) is 5.95. The summed E-state index contributed by atoms with van der Waals surface area (Å²) in [4.78, 5) is 6.34. The van der Waals surface area contributed by atoms with Crippen LogP contribution in [0.2, 0.25) is 0 Å². The molecule has 0 aliphatic carbocycles. The summed E-state index contributed by atoms with van der Waals surface area (Å²) in [5, 5.41) is 0. The van der Waals surface area contributed by atoms with E-state index in [1.807, 2.05) is 0 Å². The van der Waals surface area contributed by atoms with Crippen molar-refractivity contribution in [2.24, 2.45) is 0 Å². The SMILES string of the molecule is CC(=O)C(F)(C(F)(F)F)C(F)(F)N1C(F)(F)C(F)(C(F)(F)F)CC(F)(C(F)(F)F)C1(F)F. The molecule has 0 aromatic carbocycles. The van der Waals surface area contributed by atoms with Gasteiger partial charge in [-0.3, -0.25) is 4.79 Å². The minimum absolute atomic E-state index is 0.888. The van der Waals surface area contributed by atoms with Gasteiger partial charge in [0.1, 0.15) is 0 Å². The first kappa shape index (κ1) is 28.4. The van der Waals surface area contributed by atoms with Crippen molar-refractivity contribution < 1.29 is 83.8 Å². The summed E-state index contributed by atoms with van der Waals surface area (Å²) in [5.74, 6) is -3.74. The van der Waals surface area contributed by atoms with Crippen LogP contribution in [-0.2, 0) is 4.79 Å². The number of hydrogen-bond acceptors (Lipinski definition) is 2. The Morgan fingerprint density at radius 2 is 0.938 bits per heavy atom. The van der Waals surface area contributed by atoms with Gasteiger partial charge in [-0.25, -0.2) is 13.2 Å². The summed E-state index contributed by atoms with van der Waals surface area (Å²) in [7, 11) is 0. The number of halogens is 18. The van der Waals surface area contributed by atoms with Gasteiger partial charge in [0.25, 0.3) is 11.3 Å². The van der Waals surface area contributed by atoms with Crippen LogP contribution in [0.15, 0.2) is 0 Å². The normalized spacial score (nSPS) is 31.8. The number of Topliss-reactive ketones (excluding diaryl/α,β-unsaturated/α-hetero) is 1. The lowest BCUT2D eigenvalue weighted by Gasteiger charge is -2.56. The molecular weight excluding hydrogens is 516 g/mol. The standard InChI is InChI=1S/C12H5F18NO/c1-3(32)6(15,9(22,23)24)12(29,30)31-10(25,26)4(13,7(16,17)18)2-5(14,8(19,20)21)11(31,27)28/h2H2,1H3. The molecule has 0 bridgehead atoms. The monoisotopic (exact) mass is 521 g/mol. The number of likely N-dealkylation sites (tertiary alicyclic amines) is 1. The summed E-state index contributed by atoms with van der Waals surface area (Å²) < 4.78 is 241. The van der Waals surface area contributed by atoms with Gasteiger partial charge in [0.05, 0.1) is 0 Å². The predicted molar refractivity (Wildman–Crippen MR) is 61.7 cm³/mol. The van der Waals surface area contributed by atoms with Crippen molar-refractivity contribution in [3.63, 3.8) is 0 Å². The number of carbonyl (C=O) groups excluding carboxylic acids is 1. The average Bonchev–Trinajstić information content (AvgIpc) is 2.47. The van der Waals surface area contributed by atoms with Crippen LogP contribution in [0.25, 0.3) is 0 Å². The van der Waals surface area contributed by atoms with Gasteiger partial charge in [0.2, 0.25) is 0 Å². The average molecular weight is 521 g/mol. The Hall–Kier alpha value is -1.63. The number of rotatable bonds is 3. The van der Waals surface area contributed by atoms with Gasteiger partial charge < -0.3 is 0 Å². The fraction of sp³-hybridized carbons (Fsp3) is 0.917. The maximum Gasteiger partial charge on any atom is 0.437 e. The van der Waals surface area contributed by atoms with Crippen molar-refractivity contribution in [3.8, 4) is 0 Å². The quantitative estimate of drug-likeness (QED) is 0.342. The number of ketones is 1. The fourth-order valence-electron chi connectivity index (χ4n) is 2.71. The lowest BCUT2D eigenvalue weighted by Crippen LogP contribution is -2.86. The summed E-state index contributed by atoms with van der Waals surface area (Å²) in [6, 6.07) is -24.0. The van der Waals surface area contributed by atoms with Crippen LogP contribution in [0, 0.1) is 0 Å². The molecule has 20 heteroatoms. The topological polar surface area (TPSA) is 20.3 Å². The van der Waals surface area contributed by atoms with Gasteiger partial charge in [-0.2, -0.15) is 65.9 Å². The highest BCUT2D eigenvalue weighted by atomic mass is 19.4. The molecule has 0 saturated carbocycles. The summed E-state index contributed by atoms with van der Waals surface area (Å²) >= 11 is 0. The Morgan fingerprint density at radius 1 is 0.656 bits per heavy atom. The molecule has 1 rings (SSSR count). The lowest BCUT2D eigenvalue weighted by molar-refractivity contribution is -0.512. The Morgan fingerprint density at radius 3 is 1.12 bits per heavy atom. The van der Waals surface area contributed by atoms with E-state index in [9.17, 15) is 83.8 Å². The molecule has 1 saturated heterocycles. The zero-order valence-corrected chi connectivity index (χ0v) is 14.4. The smallest absolute Gasteiger partial charge is 0.296 e. The van der Waals surface area contributed by atoms with Crippen LogP contribution >= 0.6 is 0 Å². The van der Waals surface area contributed by atoms with Crippen molar-refractivity contribution in [2.75, 3.05) is 0 Å². The van der Waals surface area contributed by atoms with Crippen molar-refractivity contribution in [3.05, 3.63) is 0 Å². The van der Waals surface area contributed by atoms with Crippen LogP contribution < -0.4 is 0 Å². The molecule has 0 radical (unpaired) electrons. The highest BCUT2D eigenvalue weighted by molar-refractivity contribution is 5.87. The van der Waals surface area contributed by atoms with Gasteiger partial charge in [0.15, 0.2) is 5.78 Å². The maximum atomic E-state index is 14.1. The first-order valence-corrected chi connectivity index (χ1v) is 7.23. The van der Waals surface area contributed by atoms with Gasteiger partial charge in [0, 0.05) is 6.42 Å². The van der Waals surface area contributed by atoms with Crippen LogP contribution in [0.4, 0.5) is 79.0 Å². The summed E-state index contributed by atoms with van der Waals surface area (Å²) in [5.41, 5.74) is -22.2. The van der Waals surface area contributed by atoms with E-state index in [1.54, 1.807) is 0 Å². The van der Waals surface area contributed by atoms with Crippen LogP contribution in [0.1, 0.15) is 13.3 Å². The molecule has 3 unspecified atom stereocenters. The zero-order chi connectivity index (χ0) is 26.4. The third-order valence-electron chi connectivity index (χ3n) is 4.47. The summed E-state index contributed by atoms with van der Waals surface area (Å²) in [6.45, 7) is -0.888. The highest BCUT2D eigenvalue weighted by Crippen LogP contribution is 2.68. The molecule has 0 aromatic heterocycles. The first-order valence-electron chi connectivity index (χ1n) is 7.23. The third-order valence-corrected chi connectivity index (χ3v) is 4.47. The highest BCUT2D eigenvalue weighted by Gasteiger charge is 2.96. The molecule has 0 aromatic rings. The van der Waals surface area contributed by atoms with Crippen LogP contribution in [-0.4, -0.2) is 64.4 Å². The first-order chi connectivity index (χ1) is 13.5. The van der Waals surface area contributed by atoms with Gasteiger partial charge in [-0.1, -0.05) is 0 Å². The van der Waals surface area contributed by atoms with E-state index < -0.39 is 77.7 Å². The second-order valence-corrected chi connectivity index (χ2v) is 6.45. The number of piperidine rings is 1. The number of carbonyl (C=O) groups is 1. The Balaban J connectivity index is 4.24. The largest absolute Gasteiger partial charge is 0.437 e. The van der Waals surface area contributed by atoms with Crippen molar-refractivity contribution in [2.45, 2.75) is 67.0 Å². The number of nitrogens with zero attached hydrogens (tertiary/aromatic N) is 1. The molecule has 32 heavy (non-hydrogen) atoms. The summed E-state index contributed by atoms with van der Waals surface area (Å²) in [6.07, 6.45) is -27.5. The predicted octanol–water partition coefficient (Wildman–Crippen LogP) is 5.87. The van der Waals surface area contributed by atoms with E-state index >= 15 is 0 Å². The molecule has 1 fully saturated rings. The maximum absolute atomic E-state index is 14.1. The second-order valence-electron chi connectivity index (χ2n) is 6.45. The Bertz CT molecular complexity index is 727. The molecule has 1 aliphatic rings. The molecular formula is C12H5F18NO. The molecule has 0 spiro atoms. The van der Waals surface area contributed by atoms with Crippen molar-refractivity contribution in [1.82, 2.24) is 4.90 Å². The minimum atomic E-state index is -8.14. The molecule has 1 heterocycles. The Labute approximate surface area is 163 Å². The molecule has 3 atom stereocenters. The molecule has 190 valence electrons. The third kappa shape index (κ3) is 3.13. The lowest BCUT2D eigenvalue weighted by atomic mass is 9.78. The molecule has 2 nitrogen and oxygen atoms in total. The molecule has 0 N–H and O–H groups in total. The van der Waals surface area contributed by atoms with E-state index in [0.29, 0.717) is 0 Å². The van der Waals surface area contributed by atoms with Gasteiger partial charge >= 0.3 is 42.3 Å².